The third kappa shape index (κ3) is 4.86. The van der Waals surface area contributed by atoms with Crippen LogP contribution >= 0.6 is 0 Å². The molecule has 0 saturated heterocycles. The van der Waals surface area contributed by atoms with Crippen molar-refractivity contribution in [2.24, 2.45) is 0 Å². The summed E-state index contributed by atoms with van der Waals surface area (Å²) < 4.78 is 0. The van der Waals surface area contributed by atoms with Gasteiger partial charge in [-0.3, -0.25) is 9.59 Å². The van der Waals surface area contributed by atoms with Crippen molar-refractivity contribution >= 4 is 11.8 Å². The van der Waals surface area contributed by atoms with Crippen molar-refractivity contribution in [2.75, 3.05) is 6.54 Å². The molecule has 2 rings (SSSR count). The highest BCUT2D eigenvalue weighted by molar-refractivity contribution is 5.84. The van der Waals surface area contributed by atoms with Crippen molar-refractivity contribution < 1.29 is 9.59 Å². The molecule has 0 heterocycles. The maximum absolute atomic E-state index is 12.3. The van der Waals surface area contributed by atoms with Gasteiger partial charge in [0.15, 0.2) is 0 Å². The predicted octanol–water partition coefficient (Wildman–Crippen LogP) is 2.75. The Hall–Kier alpha value is -1.84. The molecule has 0 aromatic heterocycles. The third-order valence-electron chi connectivity index (χ3n) is 4.30. The van der Waals surface area contributed by atoms with E-state index in [9.17, 15) is 9.59 Å². The number of hydrogen-bond donors (Lipinski definition) is 2. The first kappa shape index (κ1) is 16.5. The fourth-order valence-corrected chi connectivity index (χ4v) is 3.05. The topological polar surface area (TPSA) is 58.2 Å². The molecule has 0 aliphatic heterocycles. The van der Waals surface area contributed by atoms with Crippen molar-refractivity contribution in [3.63, 3.8) is 0 Å². The molecule has 1 atom stereocenters. The number of nitrogens with one attached hydrogen (secondary N) is 2. The summed E-state index contributed by atoms with van der Waals surface area (Å²) in [5, 5.41) is 5.93. The summed E-state index contributed by atoms with van der Waals surface area (Å²) in [6.45, 7) is 2.41. The van der Waals surface area contributed by atoms with E-state index in [1.165, 1.54) is 12.8 Å². The van der Waals surface area contributed by atoms with Crippen LogP contribution in [0.1, 0.15) is 56.9 Å². The van der Waals surface area contributed by atoms with Crippen LogP contribution < -0.4 is 10.6 Å². The number of amides is 2. The molecule has 1 aliphatic carbocycles. The lowest BCUT2D eigenvalue weighted by atomic mass is 9.96. The van der Waals surface area contributed by atoms with E-state index < -0.39 is 0 Å². The minimum Gasteiger partial charge on any atom is -0.355 e. The van der Waals surface area contributed by atoms with Gasteiger partial charge in [0.05, 0.1) is 5.92 Å². The van der Waals surface area contributed by atoms with E-state index in [-0.39, 0.29) is 17.7 Å². The van der Waals surface area contributed by atoms with Crippen LogP contribution in [-0.4, -0.2) is 24.4 Å². The van der Waals surface area contributed by atoms with Crippen molar-refractivity contribution in [3.8, 4) is 0 Å². The Balaban J connectivity index is 1.73. The van der Waals surface area contributed by atoms with E-state index in [1.54, 1.807) is 0 Å². The normalized spacial score (nSPS) is 16.2. The number of hydrogen-bond acceptors (Lipinski definition) is 2. The number of benzene rings is 1. The SMILES string of the molecule is CC[C@@H](C(=O)NCCC(=O)NC1CCCC1)c1ccccc1. The summed E-state index contributed by atoms with van der Waals surface area (Å²) in [5.74, 6) is -0.0959. The summed E-state index contributed by atoms with van der Waals surface area (Å²) in [5.41, 5.74) is 1.03. The largest absolute Gasteiger partial charge is 0.355 e. The number of rotatable bonds is 7. The molecule has 0 bridgehead atoms. The third-order valence-corrected chi connectivity index (χ3v) is 4.30. The molecule has 1 saturated carbocycles. The molecule has 1 aromatic rings. The zero-order valence-corrected chi connectivity index (χ0v) is 13.3. The van der Waals surface area contributed by atoms with Gasteiger partial charge in [-0.1, -0.05) is 50.1 Å². The van der Waals surface area contributed by atoms with Crippen LogP contribution in [0.3, 0.4) is 0 Å². The molecule has 4 heteroatoms. The van der Waals surface area contributed by atoms with Crippen molar-refractivity contribution in [3.05, 3.63) is 35.9 Å². The standard InChI is InChI=1S/C18H26N2O2/c1-2-16(14-8-4-3-5-9-14)18(22)19-13-12-17(21)20-15-10-6-7-11-15/h3-5,8-9,15-16H,2,6-7,10-13H2,1H3,(H,19,22)(H,20,21)/t16-/m1/s1. The van der Waals surface area contributed by atoms with Gasteiger partial charge in [0.2, 0.25) is 11.8 Å². The first-order chi connectivity index (χ1) is 10.7. The smallest absolute Gasteiger partial charge is 0.227 e. The lowest BCUT2D eigenvalue weighted by Crippen LogP contribution is -2.36. The van der Waals surface area contributed by atoms with Crippen molar-refractivity contribution in [2.45, 2.75) is 57.4 Å². The Labute approximate surface area is 132 Å². The molecule has 120 valence electrons. The first-order valence-corrected chi connectivity index (χ1v) is 8.32. The predicted molar refractivity (Wildman–Crippen MR) is 87.5 cm³/mol. The summed E-state index contributed by atoms with van der Waals surface area (Å²) in [6.07, 6.45) is 5.69. The Morgan fingerprint density at radius 1 is 1.18 bits per heavy atom. The van der Waals surface area contributed by atoms with Gasteiger partial charge in [0, 0.05) is 19.0 Å². The lowest BCUT2D eigenvalue weighted by Gasteiger charge is -2.16. The van der Waals surface area contributed by atoms with Gasteiger partial charge in [0.25, 0.3) is 0 Å². The van der Waals surface area contributed by atoms with Crippen LogP contribution in [0.4, 0.5) is 0 Å². The molecule has 22 heavy (non-hydrogen) atoms. The van der Waals surface area contributed by atoms with E-state index >= 15 is 0 Å². The van der Waals surface area contributed by atoms with Crippen LogP contribution in [-0.2, 0) is 9.59 Å². The summed E-state index contributed by atoms with van der Waals surface area (Å²) >= 11 is 0. The van der Waals surface area contributed by atoms with Crippen LogP contribution in [0.25, 0.3) is 0 Å². The van der Waals surface area contributed by atoms with Crippen LogP contribution in [0.15, 0.2) is 30.3 Å². The molecular weight excluding hydrogens is 276 g/mol. The second-order valence-electron chi connectivity index (χ2n) is 5.96. The highest BCUT2D eigenvalue weighted by Gasteiger charge is 2.19. The van der Waals surface area contributed by atoms with Gasteiger partial charge in [-0.15, -0.1) is 0 Å². The molecule has 1 aliphatic rings. The van der Waals surface area contributed by atoms with Crippen molar-refractivity contribution in [1.82, 2.24) is 10.6 Å². The van der Waals surface area contributed by atoms with Crippen LogP contribution in [0, 0.1) is 0 Å². The van der Waals surface area contributed by atoms with Gasteiger partial charge in [0.1, 0.15) is 0 Å². The Bertz CT molecular complexity index is 481. The average molecular weight is 302 g/mol. The van der Waals surface area contributed by atoms with Gasteiger partial charge in [-0.2, -0.15) is 0 Å². The molecule has 0 unspecified atom stereocenters. The zero-order valence-electron chi connectivity index (χ0n) is 13.3. The second-order valence-corrected chi connectivity index (χ2v) is 5.96. The Morgan fingerprint density at radius 2 is 1.86 bits per heavy atom. The molecule has 1 fully saturated rings. The maximum Gasteiger partial charge on any atom is 0.227 e. The molecule has 1 aromatic carbocycles. The van der Waals surface area contributed by atoms with Crippen LogP contribution in [0.5, 0.6) is 0 Å². The van der Waals surface area contributed by atoms with Gasteiger partial charge in [-0.25, -0.2) is 0 Å². The van der Waals surface area contributed by atoms with E-state index in [4.69, 9.17) is 0 Å². The number of carbonyl (C=O) groups is 2. The minimum absolute atomic E-state index is 0.00219. The van der Waals surface area contributed by atoms with E-state index in [2.05, 4.69) is 10.6 Å². The molecule has 0 spiro atoms. The highest BCUT2D eigenvalue weighted by atomic mass is 16.2. The van der Waals surface area contributed by atoms with Crippen LogP contribution in [0.2, 0.25) is 0 Å². The summed E-state index contributed by atoms with van der Waals surface area (Å²) in [7, 11) is 0. The molecule has 2 amide bonds. The average Bonchev–Trinajstić information content (AvgIpc) is 3.02. The maximum atomic E-state index is 12.3. The fourth-order valence-electron chi connectivity index (χ4n) is 3.05. The lowest BCUT2D eigenvalue weighted by molar-refractivity contribution is -0.123. The molecule has 4 nitrogen and oxygen atoms in total. The second kappa shape index (κ2) is 8.57. The highest BCUT2D eigenvalue weighted by Crippen LogP contribution is 2.19. The molecular formula is C18H26N2O2. The van der Waals surface area contributed by atoms with Gasteiger partial charge < -0.3 is 10.6 Å². The van der Waals surface area contributed by atoms with E-state index in [0.717, 1.165) is 24.8 Å². The molecule has 2 N–H and O–H groups in total. The van der Waals surface area contributed by atoms with Gasteiger partial charge in [-0.05, 0) is 24.8 Å². The van der Waals surface area contributed by atoms with E-state index in [1.807, 2.05) is 37.3 Å². The first-order valence-electron chi connectivity index (χ1n) is 8.32. The minimum atomic E-state index is -0.140. The van der Waals surface area contributed by atoms with Gasteiger partial charge >= 0.3 is 0 Å². The fraction of sp³-hybridized carbons (Fsp3) is 0.556. The quantitative estimate of drug-likeness (QED) is 0.813. The molecule has 0 radical (unpaired) electrons. The Morgan fingerprint density at radius 3 is 2.50 bits per heavy atom. The van der Waals surface area contributed by atoms with Crippen molar-refractivity contribution in [1.29, 1.82) is 0 Å². The monoisotopic (exact) mass is 302 g/mol. The number of carbonyl (C=O) groups excluding carboxylic acids is 2. The summed E-state index contributed by atoms with van der Waals surface area (Å²) in [6, 6.07) is 10.1. The zero-order chi connectivity index (χ0) is 15.8. The van der Waals surface area contributed by atoms with E-state index in [0.29, 0.717) is 19.0 Å². The summed E-state index contributed by atoms with van der Waals surface area (Å²) in [4.78, 5) is 24.1. The Kier molecular flexibility index (Phi) is 6.44.